The summed E-state index contributed by atoms with van der Waals surface area (Å²) in [5.41, 5.74) is 2.15. The predicted octanol–water partition coefficient (Wildman–Crippen LogP) is 2.49. The van der Waals surface area contributed by atoms with Crippen LogP contribution in [0.3, 0.4) is 0 Å². The molecule has 0 aliphatic carbocycles. The van der Waals surface area contributed by atoms with Crippen molar-refractivity contribution < 1.29 is 4.74 Å². The van der Waals surface area contributed by atoms with Gasteiger partial charge in [-0.1, -0.05) is 5.21 Å². The van der Waals surface area contributed by atoms with E-state index < -0.39 is 0 Å². The van der Waals surface area contributed by atoms with Crippen molar-refractivity contribution >= 4 is 11.6 Å². The lowest BCUT2D eigenvalue weighted by Gasteiger charge is -2.24. The minimum absolute atomic E-state index is 0.335. The van der Waals surface area contributed by atoms with Crippen molar-refractivity contribution in [3.05, 3.63) is 11.4 Å². The third-order valence-electron chi connectivity index (χ3n) is 3.03. The molecule has 0 amide bonds. The predicted molar refractivity (Wildman–Crippen MR) is 62.8 cm³/mol. The molecular formula is C11H18ClN3O. The quantitative estimate of drug-likeness (QED) is 0.766. The first kappa shape index (κ1) is 11.9. The van der Waals surface area contributed by atoms with Crippen molar-refractivity contribution in [1.29, 1.82) is 0 Å². The topological polar surface area (TPSA) is 39.9 Å². The lowest BCUT2D eigenvalue weighted by Crippen LogP contribution is -2.19. The molecule has 0 unspecified atom stereocenters. The average Bonchev–Trinajstić information content (AvgIpc) is 2.73. The molecule has 0 spiro atoms. The van der Waals surface area contributed by atoms with Gasteiger partial charge in [0.1, 0.15) is 5.69 Å². The summed E-state index contributed by atoms with van der Waals surface area (Å²) in [5.74, 6) is 0.944. The van der Waals surface area contributed by atoms with Gasteiger partial charge >= 0.3 is 0 Å². The van der Waals surface area contributed by atoms with Crippen LogP contribution in [0.1, 0.15) is 50.0 Å². The fraction of sp³-hybridized carbons (Fsp3) is 0.818. The van der Waals surface area contributed by atoms with E-state index in [4.69, 9.17) is 16.3 Å². The highest BCUT2D eigenvalue weighted by molar-refractivity contribution is 6.16. The summed E-state index contributed by atoms with van der Waals surface area (Å²) in [6.07, 6.45) is 2.09. The standard InChI is InChI=1S/C11H18ClN3O/c1-8(2)15-11(10(7-12)13-14-15)9-3-5-16-6-4-9/h8-9H,3-7H2,1-2H3. The zero-order chi connectivity index (χ0) is 11.5. The third kappa shape index (κ3) is 2.23. The number of rotatable bonds is 3. The Bertz CT molecular complexity index is 345. The van der Waals surface area contributed by atoms with Crippen molar-refractivity contribution in [2.75, 3.05) is 13.2 Å². The second kappa shape index (κ2) is 5.15. The molecule has 1 fully saturated rings. The molecule has 0 bridgehead atoms. The average molecular weight is 244 g/mol. The van der Waals surface area contributed by atoms with E-state index in [2.05, 4.69) is 24.2 Å². The van der Waals surface area contributed by atoms with E-state index in [0.29, 0.717) is 17.8 Å². The molecule has 1 aromatic rings. The fourth-order valence-electron chi connectivity index (χ4n) is 2.20. The maximum atomic E-state index is 5.92. The van der Waals surface area contributed by atoms with Crippen LogP contribution in [0.15, 0.2) is 0 Å². The van der Waals surface area contributed by atoms with Gasteiger partial charge in [0.2, 0.25) is 0 Å². The Labute approximate surface area is 101 Å². The summed E-state index contributed by atoms with van der Waals surface area (Å²) in [6.45, 7) is 5.90. The fourth-order valence-corrected chi connectivity index (χ4v) is 2.39. The molecule has 0 N–H and O–H groups in total. The first-order valence-corrected chi connectivity index (χ1v) is 6.35. The summed E-state index contributed by atoms with van der Waals surface area (Å²) >= 11 is 5.92. The lowest BCUT2D eigenvalue weighted by molar-refractivity contribution is 0.0830. The first-order valence-electron chi connectivity index (χ1n) is 5.81. The number of nitrogens with zero attached hydrogens (tertiary/aromatic N) is 3. The van der Waals surface area contributed by atoms with Gasteiger partial charge in [-0.15, -0.1) is 16.7 Å². The SMILES string of the molecule is CC(C)n1nnc(CCl)c1C1CCOCC1. The molecule has 1 aromatic heterocycles. The number of hydrogen-bond donors (Lipinski definition) is 0. The van der Waals surface area contributed by atoms with E-state index >= 15 is 0 Å². The van der Waals surface area contributed by atoms with Gasteiger partial charge in [0, 0.05) is 25.2 Å². The monoisotopic (exact) mass is 243 g/mol. The Morgan fingerprint density at radius 1 is 1.44 bits per heavy atom. The van der Waals surface area contributed by atoms with Crippen LogP contribution in [0, 0.1) is 0 Å². The van der Waals surface area contributed by atoms with E-state index in [1.165, 1.54) is 5.69 Å². The number of halogens is 1. The number of hydrogen-bond acceptors (Lipinski definition) is 3. The van der Waals surface area contributed by atoms with Crippen LogP contribution in [0.5, 0.6) is 0 Å². The smallest absolute Gasteiger partial charge is 0.101 e. The Hall–Kier alpha value is -0.610. The minimum Gasteiger partial charge on any atom is -0.381 e. The van der Waals surface area contributed by atoms with Crippen molar-refractivity contribution in [2.24, 2.45) is 0 Å². The normalized spacial score (nSPS) is 18.2. The van der Waals surface area contributed by atoms with Crippen molar-refractivity contribution in [3.8, 4) is 0 Å². The van der Waals surface area contributed by atoms with Crippen molar-refractivity contribution in [1.82, 2.24) is 15.0 Å². The second-order valence-corrected chi connectivity index (χ2v) is 4.75. The molecule has 0 aromatic carbocycles. The molecule has 2 rings (SSSR count). The molecule has 0 radical (unpaired) electrons. The van der Waals surface area contributed by atoms with Crippen molar-refractivity contribution in [2.45, 2.75) is 44.5 Å². The third-order valence-corrected chi connectivity index (χ3v) is 3.28. The molecule has 16 heavy (non-hydrogen) atoms. The van der Waals surface area contributed by atoms with E-state index in [-0.39, 0.29) is 0 Å². The summed E-state index contributed by atoms with van der Waals surface area (Å²) in [7, 11) is 0. The number of aromatic nitrogens is 3. The lowest BCUT2D eigenvalue weighted by atomic mass is 9.95. The Balaban J connectivity index is 2.31. The molecule has 0 atom stereocenters. The van der Waals surface area contributed by atoms with Crippen LogP contribution < -0.4 is 0 Å². The van der Waals surface area contributed by atoms with Gasteiger partial charge in [-0.25, -0.2) is 4.68 Å². The van der Waals surface area contributed by atoms with Gasteiger partial charge in [-0.05, 0) is 26.7 Å². The summed E-state index contributed by atoms with van der Waals surface area (Å²) in [5, 5.41) is 8.37. The molecule has 1 aliphatic rings. The highest BCUT2D eigenvalue weighted by atomic mass is 35.5. The maximum Gasteiger partial charge on any atom is 0.101 e. The molecule has 1 aliphatic heterocycles. The molecular weight excluding hydrogens is 226 g/mol. The van der Waals surface area contributed by atoms with Crippen LogP contribution in [-0.2, 0) is 10.6 Å². The zero-order valence-electron chi connectivity index (χ0n) is 9.82. The van der Waals surface area contributed by atoms with E-state index in [0.717, 1.165) is 31.7 Å². The van der Waals surface area contributed by atoms with Gasteiger partial charge in [-0.3, -0.25) is 0 Å². The summed E-state index contributed by atoms with van der Waals surface area (Å²) in [4.78, 5) is 0. The summed E-state index contributed by atoms with van der Waals surface area (Å²) < 4.78 is 7.40. The van der Waals surface area contributed by atoms with Gasteiger partial charge in [0.15, 0.2) is 0 Å². The highest BCUT2D eigenvalue weighted by Crippen LogP contribution is 2.30. The number of alkyl halides is 1. The minimum atomic E-state index is 0.335. The molecule has 1 saturated heterocycles. The molecule has 90 valence electrons. The van der Waals surface area contributed by atoms with Gasteiger partial charge < -0.3 is 4.74 Å². The largest absolute Gasteiger partial charge is 0.381 e. The Morgan fingerprint density at radius 2 is 2.12 bits per heavy atom. The molecule has 4 nitrogen and oxygen atoms in total. The summed E-state index contributed by atoms with van der Waals surface area (Å²) in [6, 6.07) is 0.335. The Kier molecular flexibility index (Phi) is 3.82. The molecule has 0 saturated carbocycles. The molecule has 2 heterocycles. The van der Waals surface area contributed by atoms with Gasteiger partial charge in [0.25, 0.3) is 0 Å². The molecule has 5 heteroatoms. The maximum absolute atomic E-state index is 5.92. The van der Waals surface area contributed by atoms with Crippen molar-refractivity contribution in [3.63, 3.8) is 0 Å². The van der Waals surface area contributed by atoms with Crippen LogP contribution in [-0.4, -0.2) is 28.2 Å². The van der Waals surface area contributed by atoms with E-state index in [1.807, 2.05) is 4.68 Å². The van der Waals surface area contributed by atoms with Gasteiger partial charge in [-0.2, -0.15) is 0 Å². The highest BCUT2D eigenvalue weighted by Gasteiger charge is 2.25. The van der Waals surface area contributed by atoms with Crippen LogP contribution in [0.2, 0.25) is 0 Å². The zero-order valence-corrected chi connectivity index (χ0v) is 10.6. The van der Waals surface area contributed by atoms with Crippen LogP contribution in [0.25, 0.3) is 0 Å². The second-order valence-electron chi connectivity index (χ2n) is 4.48. The first-order chi connectivity index (χ1) is 7.74. The van der Waals surface area contributed by atoms with Crippen LogP contribution >= 0.6 is 11.6 Å². The van der Waals surface area contributed by atoms with E-state index in [1.54, 1.807) is 0 Å². The van der Waals surface area contributed by atoms with Crippen LogP contribution in [0.4, 0.5) is 0 Å². The van der Waals surface area contributed by atoms with E-state index in [9.17, 15) is 0 Å². The number of ether oxygens (including phenoxy) is 1. The Morgan fingerprint density at radius 3 is 2.69 bits per heavy atom. The van der Waals surface area contributed by atoms with Gasteiger partial charge in [0.05, 0.1) is 11.6 Å².